The maximum Gasteiger partial charge on any atom is 0.283 e. The Morgan fingerprint density at radius 2 is 2.03 bits per heavy atom. The molecule has 0 aliphatic heterocycles. The smallest absolute Gasteiger partial charge is 0.283 e. The molecule has 168 valence electrons. The van der Waals surface area contributed by atoms with E-state index >= 15 is 0 Å². The normalized spacial score (nSPS) is 11.3. The van der Waals surface area contributed by atoms with E-state index in [0.29, 0.717) is 25.5 Å². The minimum atomic E-state index is -0.641. The second kappa shape index (κ2) is 10.1. The van der Waals surface area contributed by atoms with Gasteiger partial charge in [-0.3, -0.25) is 14.9 Å². The summed E-state index contributed by atoms with van der Waals surface area (Å²) in [6.07, 6.45) is 1.31. The number of rotatable bonds is 6. The van der Waals surface area contributed by atoms with Crippen molar-refractivity contribution < 1.29 is 9.72 Å². The van der Waals surface area contributed by atoms with Crippen LogP contribution in [0.25, 0.3) is 16.3 Å². The van der Waals surface area contributed by atoms with Crippen molar-refractivity contribution in [3.63, 3.8) is 0 Å². The second-order valence-electron chi connectivity index (χ2n) is 7.12. The predicted molar refractivity (Wildman–Crippen MR) is 135 cm³/mol. The molecule has 0 aliphatic rings. The molecule has 3 aromatic carbocycles. The lowest BCUT2D eigenvalue weighted by atomic mass is 10.1. The number of benzene rings is 3. The Hall–Kier alpha value is -3.71. The summed E-state index contributed by atoms with van der Waals surface area (Å²) in [5.74, 6) is -0.641. The molecule has 0 aliphatic carbocycles. The van der Waals surface area contributed by atoms with Gasteiger partial charge < -0.3 is 5.32 Å². The van der Waals surface area contributed by atoms with Crippen LogP contribution in [0.3, 0.4) is 0 Å². The molecule has 1 amide bonds. The van der Waals surface area contributed by atoms with Crippen molar-refractivity contribution in [2.45, 2.75) is 16.2 Å². The summed E-state index contributed by atoms with van der Waals surface area (Å²) in [5, 5.41) is 24.3. The number of nitrogens with one attached hydrogen (secondary N) is 1. The Bertz CT molecular complexity index is 1470. The first kappa shape index (κ1) is 23.4. The maximum absolute atomic E-state index is 12.6. The van der Waals surface area contributed by atoms with Crippen molar-refractivity contribution in [2.75, 3.05) is 5.32 Å². The molecule has 10 heteroatoms. The molecule has 1 N–H and O–H groups in total. The molecule has 0 radical (unpaired) electrons. The quantitative estimate of drug-likeness (QED) is 0.132. The van der Waals surface area contributed by atoms with E-state index in [0.717, 1.165) is 15.8 Å². The zero-order valence-corrected chi connectivity index (χ0v) is 20.0. The first-order valence-electron chi connectivity index (χ1n) is 9.85. The molecule has 7 nitrogen and oxygen atoms in total. The van der Waals surface area contributed by atoms with Gasteiger partial charge in [-0.15, -0.1) is 11.3 Å². The molecule has 0 unspecified atom stereocenters. The monoisotopic (exact) mass is 506 g/mol. The topological polar surface area (TPSA) is 109 Å². The van der Waals surface area contributed by atoms with Crippen molar-refractivity contribution >= 4 is 68.3 Å². The fourth-order valence-corrected chi connectivity index (χ4v) is 5.32. The Morgan fingerprint density at radius 3 is 2.74 bits per heavy atom. The van der Waals surface area contributed by atoms with Crippen molar-refractivity contribution in [3.8, 4) is 6.07 Å². The molecular formula is C24H15ClN4O3S2. The van der Waals surface area contributed by atoms with Gasteiger partial charge in [-0.25, -0.2) is 4.98 Å². The number of carbonyl (C=O) groups is 1. The minimum absolute atomic E-state index is 0.138. The molecule has 0 spiro atoms. The van der Waals surface area contributed by atoms with E-state index in [1.165, 1.54) is 35.2 Å². The highest BCUT2D eigenvalue weighted by molar-refractivity contribution is 8.01. The van der Waals surface area contributed by atoms with Gasteiger partial charge in [0.2, 0.25) is 0 Å². The van der Waals surface area contributed by atoms with Crippen LogP contribution in [0.1, 0.15) is 11.1 Å². The van der Waals surface area contributed by atoms with Gasteiger partial charge in [-0.05, 0) is 54.5 Å². The molecule has 34 heavy (non-hydrogen) atoms. The van der Waals surface area contributed by atoms with Crippen LogP contribution in [-0.2, 0) is 4.79 Å². The number of anilines is 1. The third kappa shape index (κ3) is 5.26. The summed E-state index contributed by atoms with van der Waals surface area (Å²) in [4.78, 5) is 28.7. The number of halogens is 1. The van der Waals surface area contributed by atoms with Crippen molar-refractivity contribution in [1.29, 1.82) is 5.26 Å². The van der Waals surface area contributed by atoms with Crippen LogP contribution in [0.5, 0.6) is 0 Å². The average Bonchev–Trinajstić information content (AvgIpc) is 3.22. The Kier molecular flexibility index (Phi) is 6.93. The van der Waals surface area contributed by atoms with Gasteiger partial charge in [0, 0.05) is 16.8 Å². The van der Waals surface area contributed by atoms with E-state index in [-0.39, 0.29) is 11.3 Å². The molecule has 0 atom stereocenters. The number of carbonyl (C=O) groups excluding carboxylic acids is 1. The van der Waals surface area contributed by atoms with E-state index in [9.17, 15) is 20.2 Å². The van der Waals surface area contributed by atoms with Gasteiger partial charge in [-0.1, -0.05) is 47.6 Å². The largest absolute Gasteiger partial charge is 0.321 e. The van der Waals surface area contributed by atoms with Crippen molar-refractivity contribution in [2.24, 2.45) is 0 Å². The molecule has 0 fully saturated rings. The Balaban J connectivity index is 1.59. The molecule has 4 rings (SSSR count). The number of amides is 1. The summed E-state index contributed by atoms with van der Waals surface area (Å²) in [6.45, 7) is 1.83. The van der Waals surface area contributed by atoms with E-state index in [4.69, 9.17) is 11.6 Å². The van der Waals surface area contributed by atoms with Crippen LogP contribution in [0.15, 0.2) is 75.5 Å². The number of fused-ring (bicyclic) bond motifs is 1. The first-order chi connectivity index (χ1) is 16.3. The van der Waals surface area contributed by atoms with Gasteiger partial charge in [0.15, 0.2) is 4.34 Å². The van der Waals surface area contributed by atoms with Crippen LogP contribution in [0.2, 0.25) is 5.02 Å². The minimum Gasteiger partial charge on any atom is -0.321 e. The molecular weight excluding hydrogens is 492 g/mol. The lowest BCUT2D eigenvalue weighted by molar-refractivity contribution is -0.387. The number of nitriles is 1. The number of thiazole rings is 1. The Morgan fingerprint density at radius 1 is 1.24 bits per heavy atom. The lowest BCUT2D eigenvalue weighted by Crippen LogP contribution is -2.13. The summed E-state index contributed by atoms with van der Waals surface area (Å²) in [6, 6.07) is 19.0. The van der Waals surface area contributed by atoms with Crippen LogP contribution < -0.4 is 5.32 Å². The third-order valence-electron chi connectivity index (χ3n) is 4.76. The number of aromatic nitrogens is 1. The molecule has 0 saturated heterocycles. The molecule has 4 aromatic rings. The number of nitro benzene ring substituents is 1. The summed E-state index contributed by atoms with van der Waals surface area (Å²) in [7, 11) is 0. The van der Waals surface area contributed by atoms with Gasteiger partial charge in [0.25, 0.3) is 11.6 Å². The van der Waals surface area contributed by atoms with Crippen LogP contribution >= 0.6 is 34.7 Å². The third-order valence-corrected chi connectivity index (χ3v) is 7.33. The Labute approximate surface area is 207 Å². The summed E-state index contributed by atoms with van der Waals surface area (Å²) < 4.78 is 1.67. The van der Waals surface area contributed by atoms with Crippen LogP contribution in [0.4, 0.5) is 11.4 Å². The maximum atomic E-state index is 12.6. The highest BCUT2D eigenvalue weighted by atomic mass is 35.5. The van der Waals surface area contributed by atoms with Crippen molar-refractivity contribution in [3.05, 3.63) is 92.5 Å². The number of nitro groups is 1. The fraction of sp³-hybridized carbons (Fsp3) is 0.0417. The number of aryl methyl sites for hydroxylation is 1. The lowest BCUT2D eigenvalue weighted by Gasteiger charge is -2.06. The highest BCUT2D eigenvalue weighted by Crippen LogP contribution is 2.39. The number of para-hydroxylation sites is 1. The van der Waals surface area contributed by atoms with Gasteiger partial charge in [0.1, 0.15) is 11.6 Å². The van der Waals surface area contributed by atoms with Crippen LogP contribution in [0, 0.1) is 28.4 Å². The number of nitrogens with zero attached hydrogens (tertiary/aromatic N) is 3. The van der Waals surface area contributed by atoms with E-state index in [2.05, 4.69) is 10.3 Å². The SMILES string of the molecule is Cc1ccc(NC(=O)/C(C#N)=C/c2ccc(Sc3nc4ccccc4s3)c([N+](=O)[O-])c2)cc1Cl. The number of hydrogen-bond donors (Lipinski definition) is 1. The molecule has 0 saturated carbocycles. The van der Waals surface area contributed by atoms with E-state index in [1.807, 2.05) is 37.3 Å². The molecule has 0 bridgehead atoms. The van der Waals surface area contributed by atoms with E-state index < -0.39 is 10.8 Å². The molecule has 1 aromatic heterocycles. The standard InChI is InChI=1S/C24H15ClN4O3S2/c1-14-6-8-17(12-18(14)25)27-23(30)16(13-26)10-15-7-9-22(20(11-15)29(31)32)34-24-28-19-4-2-3-5-21(19)33-24/h2-12H,1H3,(H,27,30)/b16-10+. The van der Waals surface area contributed by atoms with Gasteiger partial charge in [0.05, 0.1) is 20.0 Å². The first-order valence-corrected chi connectivity index (χ1v) is 11.9. The van der Waals surface area contributed by atoms with Gasteiger partial charge in [-0.2, -0.15) is 5.26 Å². The number of hydrogen-bond acceptors (Lipinski definition) is 7. The summed E-state index contributed by atoms with van der Waals surface area (Å²) >= 11 is 8.73. The summed E-state index contributed by atoms with van der Waals surface area (Å²) in [5.41, 5.74) is 2.14. The average molecular weight is 507 g/mol. The zero-order valence-electron chi connectivity index (χ0n) is 17.6. The van der Waals surface area contributed by atoms with Crippen LogP contribution in [-0.4, -0.2) is 15.8 Å². The molecule has 1 heterocycles. The fourth-order valence-electron chi connectivity index (χ4n) is 3.03. The van der Waals surface area contributed by atoms with Gasteiger partial charge >= 0.3 is 0 Å². The van der Waals surface area contributed by atoms with Crippen molar-refractivity contribution in [1.82, 2.24) is 4.98 Å². The highest BCUT2D eigenvalue weighted by Gasteiger charge is 2.18. The predicted octanol–water partition coefficient (Wildman–Crippen LogP) is 6.86. The van der Waals surface area contributed by atoms with E-state index in [1.54, 1.807) is 30.3 Å². The second-order valence-corrected chi connectivity index (χ2v) is 9.85. The zero-order chi connectivity index (χ0) is 24.2.